The van der Waals surface area contributed by atoms with Gasteiger partial charge in [-0.3, -0.25) is 0 Å². The number of rotatable bonds is 0. The van der Waals surface area contributed by atoms with E-state index in [-0.39, 0.29) is 6.10 Å². The van der Waals surface area contributed by atoms with Crippen molar-refractivity contribution in [1.29, 1.82) is 0 Å². The first-order valence-corrected chi connectivity index (χ1v) is 7.43. The van der Waals surface area contributed by atoms with Gasteiger partial charge in [-0.2, -0.15) is 0 Å². The van der Waals surface area contributed by atoms with Crippen molar-refractivity contribution in [3.05, 3.63) is 0 Å². The van der Waals surface area contributed by atoms with Gasteiger partial charge in [0, 0.05) is 12.8 Å². The van der Waals surface area contributed by atoms with Crippen LogP contribution in [0.5, 0.6) is 0 Å². The monoisotopic (exact) mass is 236 g/mol. The summed E-state index contributed by atoms with van der Waals surface area (Å²) in [6.07, 6.45) is 13.0. The lowest BCUT2D eigenvalue weighted by atomic mass is 9.97. The van der Waals surface area contributed by atoms with Crippen molar-refractivity contribution < 1.29 is 5.11 Å². The summed E-state index contributed by atoms with van der Waals surface area (Å²) in [7, 11) is 0. The fourth-order valence-electron chi connectivity index (χ4n) is 2.48. The second-order valence-corrected chi connectivity index (χ2v) is 5.57. The molecule has 2 atom stereocenters. The van der Waals surface area contributed by atoms with Gasteiger partial charge in [-0.15, -0.1) is 11.8 Å². The van der Waals surface area contributed by atoms with E-state index in [1.54, 1.807) is 0 Å². The first kappa shape index (κ1) is 14.6. The lowest BCUT2D eigenvalue weighted by Crippen LogP contribution is -2.11. The second-order valence-electron chi connectivity index (χ2n) is 5.57. The topological polar surface area (TPSA) is 20.2 Å². The van der Waals surface area contributed by atoms with E-state index < -0.39 is 0 Å². The van der Waals surface area contributed by atoms with Crippen molar-refractivity contribution in [3.63, 3.8) is 0 Å². The molecule has 0 saturated heterocycles. The normalized spacial score (nSPS) is 29.5. The van der Waals surface area contributed by atoms with Gasteiger partial charge in [-0.1, -0.05) is 45.4 Å². The Morgan fingerprint density at radius 3 is 2.29 bits per heavy atom. The average molecular weight is 236 g/mol. The maximum atomic E-state index is 9.90. The summed E-state index contributed by atoms with van der Waals surface area (Å²) in [4.78, 5) is 0. The molecule has 17 heavy (non-hydrogen) atoms. The number of hydrogen-bond acceptors (Lipinski definition) is 1. The van der Waals surface area contributed by atoms with Crippen LogP contribution in [-0.2, 0) is 0 Å². The minimum atomic E-state index is -0.100. The largest absolute Gasteiger partial charge is 0.393 e. The highest BCUT2D eigenvalue weighted by Gasteiger charge is 2.09. The van der Waals surface area contributed by atoms with E-state index in [1.165, 1.54) is 44.9 Å². The molecule has 0 aliphatic heterocycles. The van der Waals surface area contributed by atoms with Crippen molar-refractivity contribution in [2.24, 2.45) is 5.92 Å². The van der Waals surface area contributed by atoms with Gasteiger partial charge in [0.2, 0.25) is 0 Å². The standard InChI is InChI=1S/C16H28O/c1-15-12-10-8-6-4-2-3-5-7-9-11-13-16(17)14-15/h15-17H,2-7,9,11-14H2,1H3/t15-,16?/m1/s1. The zero-order valence-electron chi connectivity index (χ0n) is 11.4. The van der Waals surface area contributed by atoms with E-state index in [0.717, 1.165) is 25.7 Å². The van der Waals surface area contributed by atoms with E-state index in [0.29, 0.717) is 5.92 Å². The van der Waals surface area contributed by atoms with Gasteiger partial charge in [-0.25, -0.2) is 0 Å². The Kier molecular flexibility index (Phi) is 8.18. The molecule has 98 valence electrons. The van der Waals surface area contributed by atoms with Crippen LogP contribution < -0.4 is 0 Å². The van der Waals surface area contributed by atoms with Crippen LogP contribution in [0.4, 0.5) is 0 Å². The fourth-order valence-corrected chi connectivity index (χ4v) is 2.48. The average Bonchev–Trinajstić information content (AvgIpc) is 2.30. The van der Waals surface area contributed by atoms with Crippen molar-refractivity contribution in [1.82, 2.24) is 0 Å². The maximum Gasteiger partial charge on any atom is 0.0543 e. The SMILES string of the molecule is C[C@@H]1CC#CCCCCCCCCCC(O)C1. The lowest BCUT2D eigenvalue weighted by molar-refractivity contribution is 0.133. The van der Waals surface area contributed by atoms with Crippen LogP contribution in [0.3, 0.4) is 0 Å². The first-order valence-electron chi connectivity index (χ1n) is 7.43. The summed E-state index contributed by atoms with van der Waals surface area (Å²) >= 11 is 0. The smallest absolute Gasteiger partial charge is 0.0543 e. The summed E-state index contributed by atoms with van der Waals surface area (Å²) in [5, 5.41) is 9.90. The van der Waals surface area contributed by atoms with Crippen LogP contribution in [-0.4, -0.2) is 11.2 Å². The Balaban J connectivity index is 2.31. The summed E-state index contributed by atoms with van der Waals surface area (Å²) in [5.41, 5.74) is 0. The van der Waals surface area contributed by atoms with Gasteiger partial charge in [0.25, 0.3) is 0 Å². The third-order valence-corrected chi connectivity index (χ3v) is 3.59. The molecule has 0 fully saturated rings. The van der Waals surface area contributed by atoms with Crippen LogP contribution in [0.1, 0.15) is 77.6 Å². The molecule has 0 aromatic rings. The highest BCUT2D eigenvalue weighted by Crippen LogP contribution is 2.16. The molecular weight excluding hydrogens is 208 g/mol. The Hall–Kier alpha value is -0.480. The molecule has 1 N–H and O–H groups in total. The first-order chi connectivity index (χ1) is 8.29. The van der Waals surface area contributed by atoms with Crippen LogP contribution in [0.25, 0.3) is 0 Å². The van der Waals surface area contributed by atoms with Crippen LogP contribution in [0, 0.1) is 17.8 Å². The van der Waals surface area contributed by atoms with Crippen LogP contribution >= 0.6 is 0 Å². The number of aliphatic hydroxyl groups excluding tert-OH is 1. The van der Waals surface area contributed by atoms with Gasteiger partial charge >= 0.3 is 0 Å². The molecule has 0 spiro atoms. The second kappa shape index (κ2) is 9.54. The lowest BCUT2D eigenvalue weighted by Gasteiger charge is -2.14. The minimum Gasteiger partial charge on any atom is -0.393 e. The molecule has 0 saturated carbocycles. The quantitative estimate of drug-likeness (QED) is 0.622. The molecule has 0 heterocycles. The van der Waals surface area contributed by atoms with E-state index in [4.69, 9.17) is 0 Å². The summed E-state index contributed by atoms with van der Waals surface area (Å²) < 4.78 is 0. The van der Waals surface area contributed by atoms with Gasteiger partial charge in [0.15, 0.2) is 0 Å². The molecule has 1 unspecified atom stereocenters. The third kappa shape index (κ3) is 8.27. The Morgan fingerprint density at radius 2 is 1.53 bits per heavy atom. The summed E-state index contributed by atoms with van der Waals surface area (Å²) in [6, 6.07) is 0. The molecule has 1 aliphatic carbocycles. The maximum absolute atomic E-state index is 9.90. The van der Waals surface area contributed by atoms with E-state index in [2.05, 4.69) is 18.8 Å². The summed E-state index contributed by atoms with van der Waals surface area (Å²) in [5.74, 6) is 7.08. The zero-order valence-corrected chi connectivity index (χ0v) is 11.4. The Morgan fingerprint density at radius 1 is 0.882 bits per heavy atom. The van der Waals surface area contributed by atoms with Gasteiger partial charge in [0.05, 0.1) is 6.10 Å². The predicted molar refractivity (Wildman–Crippen MR) is 73.7 cm³/mol. The Bertz CT molecular complexity index is 236. The molecule has 1 rings (SSSR count). The molecule has 1 nitrogen and oxygen atoms in total. The van der Waals surface area contributed by atoms with Crippen molar-refractivity contribution >= 4 is 0 Å². The van der Waals surface area contributed by atoms with Gasteiger partial charge in [0.1, 0.15) is 0 Å². The van der Waals surface area contributed by atoms with Gasteiger partial charge in [-0.05, 0) is 25.2 Å². The van der Waals surface area contributed by atoms with E-state index in [9.17, 15) is 5.11 Å². The van der Waals surface area contributed by atoms with Crippen LogP contribution in [0.15, 0.2) is 0 Å². The van der Waals surface area contributed by atoms with E-state index >= 15 is 0 Å². The predicted octanol–water partition coefficient (Wildman–Crippen LogP) is 4.29. The summed E-state index contributed by atoms with van der Waals surface area (Å²) in [6.45, 7) is 2.20. The number of hydrogen-bond donors (Lipinski definition) is 1. The van der Waals surface area contributed by atoms with Gasteiger partial charge < -0.3 is 5.11 Å². The molecule has 0 bridgehead atoms. The highest BCUT2D eigenvalue weighted by atomic mass is 16.3. The molecule has 0 radical (unpaired) electrons. The molecule has 0 amide bonds. The van der Waals surface area contributed by atoms with E-state index in [1.807, 2.05) is 0 Å². The molecule has 1 heteroatoms. The molecule has 0 aromatic carbocycles. The zero-order chi connectivity index (χ0) is 12.3. The Labute approximate surface area is 107 Å². The van der Waals surface area contributed by atoms with Crippen molar-refractivity contribution in [2.75, 3.05) is 0 Å². The highest BCUT2D eigenvalue weighted by molar-refractivity contribution is 4.99. The minimum absolute atomic E-state index is 0.100. The molecule has 0 aromatic heterocycles. The molecule has 1 aliphatic rings. The number of aliphatic hydroxyl groups is 1. The molecular formula is C16H28O. The van der Waals surface area contributed by atoms with Crippen molar-refractivity contribution in [3.8, 4) is 11.8 Å². The van der Waals surface area contributed by atoms with Crippen LogP contribution in [0.2, 0.25) is 0 Å². The fraction of sp³-hybridized carbons (Fsp3) is 0.875. The van der Waals surface area contributed by atoms with Crippen molar-refractivity contribution in [2.45, 2.75) is 83.7 Å². The third-order valence-electron chi connectivity index (χ3n) is 3.59.